The molecule has 1 aliphatic rings. The third kappa shape index (κ3) is 3.90. The van der Waals surface area contributed by atoms with E-state index in [0.29, 0.717) is 16.8 Å². The molecule has 3 N–H and O–H groups in total. The van der Waals surface area contributed by atoms with Crippen LogP contribution in [0, 0.1) is 29.5 Å². The number of carbonyl (C=O) groups is 1. The highest BCUT2D eigenvalue weighted by molar-refractivity contribution is 7.89. The summed E-state index contributed by atoms with van der Waals surface area (Å²) in [4.78, 5) is 16.5. The van der Waals surface area contributed by atoms with Gasteiger partial charge in [0.15, 0.2) is 5.75 Å². The van der Waals surface area contributed by atoms with Crippen LogP contribution in [0.5, 0.6) is 0 Å². The molecule has 0 radical (unpaired) electrons. The molecule has 2 aromatic rings. The summed E-state index contributed by atoms with van der Waals surface area (Å²) in [6.45, 7) is 1.67. The summed E-state index contributed by atoms with van der Waals surface area (Å²) in [6, 6.07) is 6.91. The van der Waals surface area contributed by atoms with Crippen LogP contribution in [0.3, 0.4) is 0 Å². The third-order valence-electron chi connectivity index (χ3n) is 4.29. The van der Waals surface area contributed by atoms with Gasteiger partial charge in [0.2, 0.25) is 5.96 Å². The van der Waals surface area contributed by atoms with E-state index in [9.17, 15) is 13.7 Å². The minimum Gasteiger partial charge on any atom is -0.593 e. The van der Waals surface area contributed by atoms with E-state index >= 15 is 0 Å². The van der Waals surface area contributed by atoms with E-state index < -0.39 is 29.1 Å². The SMILES string of the molecule is Cc1cc(C#N)cnc1C(=O)Nc1ccc(F)c(C2C[S+]([O-])N(C)C(=N)N2)c1. The standard InChI is InChI=1S/C18H17FN6O2S/c1-10-5-11(7-20)8-22-16(10)17(26)23-12-3-4-14(19)13(6-12)15-9-28(27)25(2)18(21)24-15/h3-6,8,15H,9H2,1-2H3,(H2,21,24)(H,23,26). The Hall–Kier alpha value is -3.16. The van der Waals surface area contributed by atoms with E-state index in [1.807, 2.05) is 6.07 Å². The van der Waals surface area contributed by atoms with Gasteiger partial charge >= 0.3 is 0 Å². The van der Waals surface area contributed by atoms with Crippen LogP contribution in [0.2, 0.25) is 0 Å². The Morgan fingerprint density at radius 2 is 2.29 bits per heavy atom. The number of aromatic nitrogens is 1. The first-order chi connectivity index (χ1) is 13.3. The molecule has 2 atom stereocenters. The predicted molar refractivity (Wildman–Crippen MR) is 102 cm³/mol. The Bertz CT molecular complexity index is 993. The minimum atomic E-state index is -1.45. The Balaban J connectivity index is 1.83. The molecule has 144 valence electrons. The van der Waals surface area contributed by atoms with Crippen molar-refractivity contribution in [3.63, 3.8) is 0 Å². The smallest absolute Gasteiger partial charge is 0.274 e. The summed E-state index contributed by atoms with van der Waals surface area (Å²) in [5, 5.41) is 22.2. The largest absolute Gasteiger partial charge is 0.593 e. The lowest BCUT2D eigenvalue weighted by molar-refractivity contribution is 0.102. The number of benzene rings is 1. The van der Waals surface area contributed by atoms with E-state index in [1.165, 1.54) is 35.7 Å². The number of nitrogens with one attached hydrogen (secondary N) is 3. The van der Waals surface area contributed by atoms with Crippen LogP contribution in [-0.4, -0.2) is 38.5 Å². The van der Waals surface area contributed by atoms with Gasteiger partial charge in [-0.25, -0.2) is 9.37 Å². The highest BCUT2D eigenvalue weighted by Gasteiger charge is 2.33. The van der Waals surface area contributed by atoms with Gasteiger partial charge in [-0.3, -0.25) is 10.2 Å². The van der Waals surface area contributed by atoms with Crippen LogP contribution in [0.25, 0.3) is 0 Å². The number of hydrogen-bond acceptors (Lipinski definition) is 5. The Morgan fingerprint density at radius 1 is 1.54 bits per heavy atom. The maximum atomic E-state index is 14.3. The first-order valence-electron chi connectivity index (χ1n) is 8.25. The zero-order valence-corrected chi connectivity index (χ0v) is 15.9. The van der Waals surface area contributed by atoms with Crippen molar-refractivity contribution in [2.45, 2.75) is 13.0 Å². The molecule has 0 spiro atoms. The van der Waals surface area contributed by atoms with Crippen LogP contribution in [0.4, 0.5) is 10.1 Å². The van der Waals surface area contributed by atoms with Gasteiger partial charge < -0.3 is 15.2 Å². The number of nitriles is 1. The number of carbonyl (C=O) groups excluding carboxylic acids is 1. The first kappa shape index (κ1) is 19.6. The quantitative estimate of drug-likeness (QED) is 0.675. The first-order valence-corrected chi connectivity index (χ1v) is 9.52. The lowest BCUT2D eigenvalue weighted by atomic mass is 10.1. The molecule has 1 aromatic carbocycles. The molecule has 2 unspecified atom stereocenters. The lowest BCUT2D eigenvalue weighted by Crippen LogP contribution is -2.52. The topological polar surface area (TPSA) is 128 Å². The highest BCUT2D eigenvalue weighted by Crippen LogP contribution is 2.26. The molecule has 1 fully saturated rings. The second-order valence-electron chi connectivity index (χ2n) is 6.22. The Morgan fingerprint density at radius 3 is 2.93 bits per heavy atom. The number of halogens is 1. The van der Waals surface area contributed by atoms with Crippen LogP contribution >= 0.6 is 0 Å². The van der Waals surface area contributed by atoms with Crippen molar-refractivity contribution >= 4 is 28.9 Å². The van der Waals surface area contributed by atoms with Crippen molar-refractivity contribution < 1.29 is 13.7 Å². The second kappa shape index (κ2) is 7.84. The maximum absolute atomic E-state index is 14.3. The predicted octanol–water partition coefficient (Wildman–Crippen LogP) is 1.83. The normalized spacial score (nSPS) is 19.0. The van der Waals surface area contributed by atoms with E-state index in [2.05, 4.69) is 15.6 Å². The number of amides is 1. The summed E-state index contributed by atoms with van der Waals surface area (Å²) in [7, 11) is 1.52. The van der Waals surface area contributed by atoms with Crippen molar-refractivity contribution in [3.8, 4) is 6.07 Å². The fourth-order valence-electron chi connectivity index (χ4n) is 2.77. The number of anilines is 1. The number of aryl methyl sites for hydroxylation is 1. The number of hydrogen-bond donors (Lipinski definition) is 3. The van der Waals surface area contributed by atoms with Crippen molar-refractivity contribution in [3.05, 3.63) is 58.7 Å². The zero-order chi connectivity index (χ0) is 20.4. The average molecular weight is 400 g/mol. The van der Waals surface area contributed by atoms with Gasteiger partial charge in [0.1, 0.15) is 23.6 Å². The third-order valence-corrected chi connectivity index (χ3v) is 5.70. The Labute approximate surface area is 164 Å². The summed E-state index contributed by atoms with van der Waals surface area (Å²) in [5.74, 6) is -0.991. The van der Waals surface area contributed by atoms with Gasteiger partial charge in [-0.15, -0.1) is 0 Å². The Kier molecular flexibility index (Phi) is 5.48. The van der Waals surface area contributed by atoms with Crippen molar-refractivity contribution in [2.75, 3.05) is 18.1 Å². The molecule has 0 bridgehead atoms. The average Bonchev–Trinajstić information content (AvgIpc) is 2.66. The molecule has 8 nitrogen and oxygen atoms in total. The van der Waals surface area contributed by atoms with Crippen molar-refractivity contribution in [2.24, 2.45) is 0 Å². The van der Waals surface area contributed by atoms with E-state index in [-0.39, 0.29) is 23.0 Å². The molecule has 1 saturated heterocycles. The highest BCUT2D eigenvalue weighted by atomic mass is 32.2. The molecule has 3 rings (SSSR count). The van der Waals surface area contributed by atoms with Gasteiger partial charge in [-0.2, -0.15) is 9.57 Å². The summed E-state index contributed by atoms with van der Waals surface area (Å²) in [5.41, 5.74) is 1.59. The monoisotopic (exact) mass is 400 g/mol. The van der Waals surface area contributed by atoms with Gasteiger partial charge in [-0.1, -0.05) is 0 Å². The summed E-state index contributed by atoms with van der Waals surface area (Å²) in [6.07, 6.45) is 1.31. The zero-order valence-electron chi connectivity index (χ0n) is 15.1. The van der Waals surface area contributed by atoms with Crippen molar-refractivity contribution in [1.82, 2.24) is 14.6 Å². The molecule has 1 amide bonds. The second-order valence-corrected chi connectivity index (χ2v) is 7.75. The molecular weight excluding hydrogens is 383 g/mol. The molecule has 0 saturated carbocycles. The molecule has 28 heavy (non-hydrogen) atoms. The van der Waals surface area contributed by atoms with Crippen LogP contribution in [-0.2, 0) is 11.4 Å². The van der Waals surface area contributed by atoms with E-state index in [1.54, 1.807) is 13.0 Å². The number of guanidine groups is 1. The molecular formula is C18H17FN6O2S. The van der Waals surface area contributed by atoms with E-state index in [4.69, 9.17) is 10.7 Å². The maximum Gasteiger partial charge on any atom is 0.274 e. The molecule has 0 aliphatic carbocycles. The van der Waals surface area contributed by atoms with E-state index in [0.717, 1.165) is 0 Å². The van der Waals surface area contributed by atoms with Gasteiger partial charge in [0.25, 0.3) is 5.91 Å². The molecule has 10 heteroatoms. The molecule has 1 aromatic heterocycles. The number of pyridine rings is 1. The van der Waals surface area contributed by atoms with Gasteiger partial charge in [0.05, 0.1) is 24.0 Å². The van der Waals surface area contributed by atoms with Crippen LogP contribution in [0.1, 0.15) is 33.2 Å². The van der Waals surface area contributed by atoms with Crippen molar-refractivity contribution in [1.29, 1.82) is 10.7 Å². The fourth-order valence-corrected chi connectivity index (χ4v) is 3.80. The summed E-state index contributed by atoms with van der Waals surface area (Å²) < 4.78 is 27.7. The fraction of sp³-hybridized carbons (Fsp3) is 0.222. The molecule has 1 aliphatic heterocycles. The van der Waals surface area contributed by atoms with Gasteiger partial charge in [-0.05, 0) is 36.8 Å². The van der Waals surface area contributed by atoms with Crippen LogP contribution < -0.4 is 10.6 Å². The minimum absolute atomic E-state index is 0.0687. The van der Waals surface area contributed by atoms with Gasteiger partial charge in [0, 0.05) is 17.4 Å². The van der Waals surface area contributed by atoms with Crippen LogP contribution in [0.15, 0.2) is 30.5 Å². The summed E-state index contributed by atoms with van der Waals surface area (Å²) >= 11 is -1.45. The number of nitrogens with zero attached hydrogens (tertiary/aromatic N) is 3. The number of rotatable bonds is 3. The molecule has 2 heterocycles. The lowest BCUT2D eigenvalue weighted by Gasteiger charge is -2.33.